The van der Waals surface area contributed by atoms with Gasteiger partial charge >= 0.3 is 0 Å². The molecule has 0 radical (unpaired) electrons. The van der Waals surface area contributed by atoms with Crippen LogP contribution in [0, 0.1) is 5.82 Å². The SMILES string of the molecule is C[Si](C)(C(F)=C(F)Cc1ccc(F)c(Oc2ccccc2)c1)c1ccc(Cl)cc1. The van der Waals surface area contributed by atoms with Crippen molar-refractivity contribution in [2.75, 3.05) is 0 Å². The van der Waals surface area contributed by atoms with Gasteiger partial charge in [-0.2, -0.15) is 0 Å². The van der Waals surface area contributed by atoms with Crippen LogP contribution < -0.4 is 9.92 Å². The summed E-state index contributed by atoms with van der Waals surface area (Å²) in [7, 11) is -2.83. The first-order valence-corrected chi connectivity index (χ1v) is 12.5. The molecule has 0 heterocycles. The second kappa shape index (κ2) is 8.89. The molecule has 0 unspecified atom stereocenters. The predicted molar refractivity (Wildman–Crippen MR) is 114 cm³/mol. The number of hydrogen-bond acceptors (Lipinski definition) is 1. The largest absolute Gasteiger partial charge is 0.454 e. The lowest BCUT2D eigenvalue weighted by molar-refractivity contribution is 0.441. The molecule has 0 amide bonds. The standard InChI is InChI=1S/C23H20ClF3OSi/c1-29(2,19-11-9-17(24)10-12-19)23(27)21(26)14-16-8-13-20(25)22(15-16)28-18-6-4-3-5-7-18/h3-13,15H,14H2,1-2H3. The summed E-state index contributed by atoms with van der Waals surface area (Å²) >= 11 is 5.89. The maximum Gasteiger partial charge on any atom is 0.165 e. The quantitative estimate of drug-likeness (QED) is 0.377. The van der Waals surface area contributed by atoms with Crippen LogP contribution in [-0.2, 0) is 6.42 Å². The maximum absolute atomic E-state index is 15.0. The molecular formula is C23H20ClF3OSi. The highest BCUT2D eigenvalue weighted by atomic mass is 35.5. The molecule has 6 heteroatoms. The smallest absolute Gasteiger partial charge is 0.165 e. The summed E-state index contributed by atoms with van der Waals surface area (Å²) in [5.74, 6) is -0.995. The van der Waals surface area contributed by atoms with Gasteiger partial charge in [-0.1, -0.05) is 66.3 Å². The Kier molecular flexibility index (Phi) is 6.50. The van der Waals surface area contributed by atoms with Crippen molar-refractivity contribution < 1.29 is 17.9 Å². The molecule has 0 saturated carbocycles. The molecule has 29 heavy (non-hydrogen) atoms. The highest BCUT2D eigenvalue weighted by Crippen LogP contribution is 2.29. The minimum absolute atomic E-state index is 0.0314. The molecule has 0 N–H and O–H groups in total. The Morgan fingerprint density at radius 1 is 0.931 bits per heavy atom. The molecule has 0 bridgehead atoms. The molecule has 0 aromatic heterocycles. The van der Waals surface area contributed by atoms with Crippen LogP contribution in [0.2, 0.25) is 18.1 Å². The summed E-state index contributed by atoms with van der Waals surface area (Å²) in [6.07, 6.45) is -0.277. The summed E-state index contributed by atoms with van der Waals surface area (Å²) in [5.41, 5.74) is -0.319. The molecule has 0 aliphatic carbocycles. The average Bonchev–Trinajstić information content (AvgIpc) is 2.71. The summed E-state index contributed by atoms with van der Waals surface area (Å²) in [6, 6.07) is 19.5. The number of ether oxygens (including phenoxy) is 1. The van der Waals surface area contributed by atoms with Crippen molar-refractivity contribution in [3.63, 3.8) is 0 Å². The zero-order chi connectivity index (χ0) is 21.0. The van der Waals surface area contributed by atoms with Gasteiger partial charge in [0.15, 0.2) is 19.6 Å². The van der Waals surface area contributed by atoms with E-state index in [0.29, 0.717) is 16.3 Å². The lowest BCUT2D eigenvalue weighted by Crippen LogP contribution is -2.43. The second-order valence-electron chi connectivity index (χ2n) is 7.21. The van der Waals surface area contributed by atoms with Gasteiger partial charge < -0.3 is 4.74 Å². The van der Waals surface area contributed by atoms with E-state index in [4.69, 9.17) is 16.3 Å². The molecular weight excluding hydrogens is 413 g/mol. The van der Waals surface area contributed by atoms with Crippen LogP contribution in [0.15, 0.2) is 84.1 Å². The van der Waals surface area contributed by atoms with Crippen LogP contribution in [0.25, 0.3) is 0 Å². The third-order valence-corrected chi connectivity index (χ3v) is 8.08. The summed E-state index contributed by atoms with van der Waals surface area (Å²) in [6.45, 7) is 3.47. The first kappa shape index (κ1) is 21.2. The molecule has 150 valence electrons. The van der Waals surface area contributed by atoms with E-state index in [9.17, 15) is 8.78 Å². The van der Waals surface area contributed by atoms with Gasteiger partial charge in [0.25, 0.3) is 0 Å². The molecule has 1 nitrogen and oxygen atoms in total. The number of halogens is 4. The molecule has 3 aromatic carbocycles. The van der Waals surface area contributed by atoms with E-state index in [0.717, 1.165) is 5.19 Å². The number of rotatable bonds is 6. The monoisotopic (exact) mass is 432 g/mol. The molecule has 0 aliphatic rings. The Bertz CT molecular complexity index is 1020. The lowest BCUT2D eigenvalue weighted by Gasteiger charge is -2.21. The van der Waals surface area contributed by atoms with Gasteiger partial charge in [-0.25, -0.2) is 13.2 Å². The minimum Gasteiger partial charge on any atom is -0.454 e. The van der Waals surface area contributed by atoms with Gasteiger partial charge in [-0.15, -0.1) is 0 Å². The first-order chi connectivity index (χ1) is 13.8. The number of hydrogen-bond donors (Lipinski definition) is 0. The van der Waals surface area contributed by atoms with Gasteiger partial charge in [0.1, 0.15) is 17.0 Å². The van der Waals surface area contributed by atoms with Gasteiger partial charge in [0, 0.05) is 11.4 Å². The fourth-order valence-corrected chi connectivity index (χ4v) is 5.09. The van der Waals surface area contributed by atoms with Crippen molar-refractivity contribution in [1.82, 2.24) is 0 Å². The van der Waals surface area contributed by atoms with Crippen molar-refractivity contribution in [3.8, 4) is 11.5 Å². The van der Waals surface area contributed by atoms with Crippen molar-refractivity contribution in [2.45, 2.75) is 19.5 Å². The van der Waals surface area contributed by atoms with Crippen LogP contribution in [0.5, 0.6) is 11.5 Å². The van der Waals surface area contributed by atoms with Gasteiger partial charge in [0.2, 0.25) is 0 Å². The van der Waals surface area contributed by atoms with E-state index in [-0.39, 0.29) is 12.2 Å². The van der Waals surface area contributed by atoms with Crippen LogP contribution in [0.1, 0.15) is 5.56 Å². The molecule has 0 saturated heterocycles. The lowest BCUT2D eigenvalue weighted by atomic mass is 10.1. The Hall–Kier alpha value is -2.50. The Morgan fingerprint density at radius 3 is 2.24 bits per heavy atom. The van der Waals surface area contributed by atoms with E-state index in [2.05, 4.69) is 0 Å². The minimum atomic E-state index is -2.83. The fraction of sp³-hybridized carbons (Fsp3) is 0.130. The van der Waals surface area contributed by atoms with E-state index in [1.807, 2.05) is 6.07 Å². The maximum atomic E-state index is 15.0. The van der Waals surface area contributed by atoms with E-state index >= 15 is 4.39 Å². The molecule has 3 rings (SSSR count). The molecule has 3 aromatic rings. The summed E-state index contributed by atoms with van der Waals surface area (Å²) < 4.78 is 49.4. The third-order valence-electron chi connectivity index (χ3n) is 4.68. The van der Waals surface area contributed by atoms with Crippen molar-refractivity contribution in [3.05, 3.63) is 100 Å². The topological polar surface area (TPSA) is 9.23 Å². The zero-order valence-corrected chi connectivity index (χ0v) is 17.8. The fourth-order valence-electron chi connectivity index (χ4n) is 2.94. The molecule has 0 spiro atoms. The highest BCUT2D eigenvalue weighted by Gasteiger charge is 2.32. The van der Waals surface area contributed by atoms with E-state index < -0.39 is 25.2 Å². The van der Waals surface area contributed by atoms with Gasteiger partial charge in [0.05, 0.1) is 0 Å². The Morgan fingerprint density at radius 2 is 1.59 bits per heavy atom. The predicted octanol–water partition coefficient (Wildman–Crippen LogP) is 7.12. The Balaban J connectivity index is 1.84. The van der Waals surface area contributed by atoms with E-state index in [1.54, 1.807) is 61.6 Å². The van der Waals surface area contributed by atoms with Crippen molar-refractivity contribution >= 4 is 24.9 Å². The van der Waals surface area contributed by atoms with Crippen LogP contribution in [-0.4, -0.2) is 8.07 Å². The van der Waals surface area contributed by atoms with Crippen LogP contribution in [0.4, 0.5) is 13.2 Å². The summed E-state index contributed by atoms with van der Waals surface area (Å²) in [5, 5.41) is 1.28. The van der Waals surface area contributed by atoms with Gasteiger partial charge in [-0.05, 0) is 42.0 Å². The molecule has 0 fully saturated rings. The first-order valence-electron chi connectivity index (χ1n) is 9.09. The van der Waals surface area contributed by atoms with Crippen LogP contribution in [0.3, 0.4) is 0 Å². The number of para-hydroxylation sites is 1. The van der Waals surface area contributed by atoms with Gasteiger partial charge in [-0.3, -0.25) is 0 Å². The molecule has 0 atom stereocenters. The third kappa shape index (κ3) is 5.11. The average molecular weight is 433 g/mol. The summed E-state index contributed by atoms with van der Waals surface area (Å²) in [4.78, 5) is 0. The van der Waals surface area contributed by atoms with E-state index in [1.165, 1.54) is 18.2 Å². The number of allylic oxidation sites excluding steroid dienone is 1. The van der Waals surface area contributed by atoms with Crippen LogP contribution >= 0.6 is 11.6 Å². The Labute approximate surface area is 174 Å². The normalized spacial score (nSPS) is 12.5. The molecule has 0 aliphatic heterocycles. The highest BCUT2D eigenvalue weighted by molar-refractivity contribution is 6.95. The van der Waals surface area contributed by atoms with Crippen molar-refractivity contribution in [1.29, 1.82) is 0 Å². The zero-order valence-electron chi connectivity index (χ0n) is 16.1. The second-order valence-corrected chi connectivity index (χ2v) is 11.9. The number of benzene rings is 3. The van der Waals surface area contributed by atoms with Crippen molar-refractivity contribution in [2.24, 2.45) is 0 Å².